The number of aromatic nitrogens is 1. The summed E-state index contributed by atoms with van der Waals surface area (Å²) in [4.78, 5) is 24.6. The van der Waals surface area contributed by atoms with E-state index in [4.69, 9.17) is 10.2 Å². The van der Waals surface area contributed by atoms with E-state index in [0.717, 1.165) is 5.00 Å². The lowest BCUT2D eigenvalue weighted by atomic mass is 10.3. The van der Waals surface area contributed by atoms with Crippen molar-refractivity contribution in [2.75, 3.05) is 10.6 Å². The third-order valence-corrected chi connectivity index (χ3v) is 3.47. The topological polar surface area (TPSA) is 112 Å². The number of carboxylic acid groups (broad SMARTS) is 2. The second-order valence-electron chi connectivity index (χ2n) is 4.63. The first kappa shape index (κ1) is 18.4. The molecule has 0 spiro atoms. The Balaban J connectivity index is 0.000000231. The number of hydrogen-bond donors (Lipinski definition) is 4. The molecule has 0 radical (unpaired) electrons. The average molecular weight is 337 g/mol. The Kier molecular flexibility index (Phi) is 7.55. The molecule has 23 heavy (non-hydrogen) atoms. The highest BCUT2D eigenvalue weighted by atomic mass is 32.1. The number of aliphatic carboxylic acids is 2. The van der Waals surface area contributed by atoms with Gasteiger partial charge in [0.15, 0.2) is 0 Å². The van der Waals surface area contributed by atoms with Crippen LogP contribution in [0.1, 0.15) is 13.8 Å². The number of thiophene rings is 1. The molecule has 0 aliphatic rings. The van der Waals surface area contributed by atoms with Gasteiger partial charge in [-0.15, -0.1) is 11.3 Å². The Morgan fingerprint density at radius 3 is 2.22 bits per heavy atom. The molecular formula is C15H19N3O4S. The van der Waals surface area contributed by atoms with E-state index < -0.39 is 24.0 Å². The number of carbonyl (C=O) groups is 2. The standard InChI is InChI=1S/C8H10N2O2.C7H9NO2S/c1-6(8(11)12)10-7-3-2-4-9-5-7;1-5(7(9)10)8-6-3-2-4-11-6/h2-6,10H,1H3,(H,11,12);2-5,8H,1H3,(H,9,10)/t6-;5-/m00/s1. The van der Waals surface area contributed by atoms with E-state index in [-0.39, 0.29) is 0 Å². The van der Waals surface area contributed by atoms with Gasteiger partial charge in [0.2, 0.25) is 0 Å². The van der Waals surface area contributed by atoms with Crippen LogP contribution in [0.2, 0.25) is 0 Å². The van der Waals surface area contributed by atoms with E-state index in [1.165, 1.54) is 11.3 Å². The highest BCUT2D eigenvalue weighted by Gasteiger charge is 2.10. The molecule has 0 saturated heterocycles. The second kappa shape index (κ2) is 9.42. The van der Waals surface area contributed by atoms with Crippen LogP contribution >= 0.6 is 11.3 Å². The molecule has 2 heterocycles. The van der Waals surface area contributed by atoms with Crippen molar-refractivity contribution in [3.63, 3.8) is 0 Å². The minimum absolute atomic E-state index is 0.520. The van der Waals surface area contributed by atoms with Crippen LogP contribution in [0.4, 0.5) is 10.7 Å². The van der Waals surface area contributed by atoms with Gasteiger partial charge in [0, 0.05) is 12.4 Å². The molecule has 0 unspecified atom stereocenters. The van der Waals surface area contributed by atoms with E-state index in [1.807, 2.05) is 17.5 Å². The van der Waals surface area contributed by atoms with Crippen LogP contribution in [0.3, 0.4) is 0 Å². The van der Waals surface area contributed by atoms with E-state index in [2.05, 4.69) is 15.6 Å². The molecule has 2 atom stereocenters. The number of anilines is 2. The van der Waals surface area contributed by atoms with Crippen LogP contribution in [0.5, 0.6) is 0 Å². The van der Waals surface area contributed by atoms with Crippen molar-refractivity contribution in [1.29, 1.82) is 0 Å². The molecule has 124 valence electrons. The zero-order chi connectivity index (χ0) is 17.2. The Hall–Kier alpha value is -2.61. The first-order chi connectivity index (χ1) is 10.9. The van der Waals surface area contributed by atoms with Gasteiger partial charge in [0.1, 0.15) is 12.1 Å². The summed E-state index contributed by atoms with van der Waals surface area (Å²) in [5, 5.41) is 25.5. The predicted molar refractivity (Wildman–Crippen MR) is 90.0 cm³/mol. The lowest BCUT2D eigenvalue weighted by molar-refractivity contribution is -0.138. The lowest BCUT2D eigenvalue weighted by Gasteiger charge is -2.08. The van der Waals surface area contributed by atoms with E-state index >= 15 is 0 Å². The van der Waals surface area contributed by atoms with Gasteiger partial charge in [-0.3, -0.25) is 14.6 Å². The fraction of sp³-hybridized carbons (Fsp3) is 0.267. The Morgan fingerprint density at radius 2 is 1.74 bits per heavy atom. The van der Waals surface area contributed by atoms with Crippen LogP contribution in [0.15, 0.2) is 42.0 Å². The molecular weight excluding hydrogens is 318 g/mol. The molecule has 0 aliphatic heterocycles. The van der Waals surface area contributed by atoms with E-state index in [9.17, 15) is 9.59 Å². The van der Waals surface area contributed by atoms with Crippen LogP contribution in [-0.2, 0) is 9.59 Å². The van der Waals surface area contributed by atoms with Crippen LogP contribution in [0, 0.1) is 0 Å². The highest BCUT2D eigenvalue weighted by molar-refractivity contribution is 7.14. The fourth-order valence-corrected chi connectivity index (χ4v) is 2.10. The van der Waals surface area contributed by atoms with Crippen molar-refractivity contribution >= 4 is 34.0 Å². The molecule has 0 saturated carbocycles. The fourth-order valence-electron chi connectivity index (χ4n) is 1.40. The molecule has 0 aromatic carbocycles. The maximum absolute atomic E-state index is 10.4. The monoisotopic (exact) mass is 337 g/mol. The zero-order valence-corrected chi connectivity index (χ0v) is 13.6. The number of pyridine rings is 1. The molecule has 0 bridgehead atoms. The first-order valence-corrected chi connectivity index (χ1v) is 7.70. The molecule has 8 heteroatoms. The normalized spacial score (nSPS) is 12.3. The van der Waals surface area contributed by atoms with Gasteiger partial charge in [0.05, 0.1) is 10.7 Å². The summed E-state index contributed by atoms with van der Waals surface area (Å²) in [7, 11) is 0. The van der Waals surface area contributed by atoms with Gasteiger partial charge in [-0.25, -0.2) is 0 Å². The number of rotatable bonds is 6. The summed E-state index contributed by atoms with van der Waals surface area (Å²) in [6, 6.07) is 6.14. The van der Waals surface area contributed by atoms with Gasteiger partial charge in [-0.2, -0.15) is 0 Å². The van der Waals surface area contributed by atoms with Gasteiger partial charge in [0.25, 0.3) is 0 Å². The van der Waals surface area contributed by atoms with Gasteiger partial charge in [-0.1, -0.05) is 0 Å². The Labute approximate surface area is 138 Å². The van der Waals surface area contributed by atoms with Gasteiger partial charge in [-0.05, 0) is 43.5 Å². The molecule has 2 aromatic heterocycles. The third-order valence-electron chi connectivity index (χ3n) is 2.67. The number of carboxylic acids is 2. The van der Waals surface area contributed by atoms with Crippen LogP contribution < -0.4 is 10.6 Å². The van der Waals surface area contributed by atoms with Crippen molar-refractivity contribution in [2.45, 2.75) is 25.9 Å². The summed E-state index contributed by atoms with van der Waals surface area (Å²) in [5.41, 5.74) is 0.715. The zero-order valence-electron chi connectivity index (χ0n) is 12.8. The molecule has 2 rings (SSSR count). The molecule has 0 amide bonds. The van der Waals surface area contributed by atoms with Crippen molar-refractivity contribution in [1.82, 2.24) is 4.98 Å². The predicted octanol–water partition coefficient (Wildman–Crippen LogP) is 2.60. The molecule has 7 nitrogen and oxygen atoms in total. The van der Waals surface area contributed by atoms with E-state index in [0.29, 0.717) is 5.69 Å². The lowest BCUT2D eigenvalue weighted by Crippen LogP contribution is -2.25. The van der Waals surface area contributed by atoms with Gasteiger partial charge < -0.3 is 20.8 Å². The molecule has 4 N–H and O–H groups in total. The van der Waals surface area contributed by atoms with Crippen molar-refractivity contribution in [2.24, 2.45) is 0 Å². The second-order valence-corrected chi connectivity index (χ2v) is 5.58. The summed E-state index contributed by atoms with van der Waals surface area (Å²) in [6.07, 6.45) is 3.22. The van der Waals surface area contributed by atoms with Crippen LogP contribution in [0.25, 0.3) is 0 Å². The van der Waals surface area contributed by atoms with Crippen molar-refractivity contribution in [3.8, 4) is 0 Å². The highest BCUT2D eigenvalue weighted by Crippen LogP contribution is 2.15. The minimum Gasteiger partial charge on any atom is -0.480 e. The summed E-state index contributed by atoms with van der Waals surface area (Å²) < 4.78 is 0. The summed E-state index contributed by atoms with van der Waals surface area (Å²) in [5.74, 6) is -1.71. The van der Waals surface area contributed by atoms with Crippen molar-refractivity contribution < 1.29 is 19.8 Å². The molecule has 0 aliphatic carbocycles. The summed E-state index contributed by atoms with van der Waals surface area (Å²) in [6.45, 7) is 3.19. The van der Waals surface area contributed by atoms with E-state index in [1.54, 1.807) is 38.4 Å². The average Bonchev–Trinajstić information content (AvgIpc) is 3.01. The largest absolute Gasteiger partial charge is 0.480 e. The maximum Gasteiger partial charge on any atom is 0.325 e. The SMILES string of the molecule is C[C@H](Nc1cccnc1)C(=O)O.C[C@H](Nc1cccs1)C(=O)O. The first-order valence-electron chi connectivity index (χ1n) is 6.82. The molecule has 2 aromatic rings. The van der Waals surface area contributed by atoms with Crippen molar-refractivity contribution in [3.05, 3.63) is 42.0 Å². The number of nitrogens with zero attached hydrogens (tertiary/aromatic N) is 1. The van der Waals surface area contributed by atoms with Crippen LogP contribution in [-0.4, -0.2) is 39.2 Å². The maximum atomic E-state index is 10.4. The molecule has 0 fully saturated rings. The smallest absolute Gasteiger partial charge is 0.325 e. The minimum atomic E-state index is -0.876. The summed E-state index contributed by atoms with van der Waals surface area (Å²) >= 11 is 1.49. The Morgan fingerprint density at radius 1 is 1.09 bits per heavy atom. The third kappa shape index (κ3) is 7.28. The number of nitrogens with one attached hydrogen (secondary N) is 2. The quantitative estimate of drug-likeness (QED) is 0.641. The van der Waals surface area contributed by atoms with Gasteiger partial charge >= 0.3 is 11.9 Å². The number of hydrogen-bond acceptors (Lipinski definition) is 6. The Bertz CT molecular complexity index is 604.